The molecule has 1 heterocycles. The van der Waals surface area contributed by atoms with Crippen LogP contribution in [0, 0.1) is 6.92 Å². The highest BCUT2D eigenvalue weighted by atomic mass is 35.5. The molecule has 1 fully saturated rings. The molecular weight excluding hydrogens is 349 g/mol. The molecule has 1 aromatic carbocycles. The lowest BCUT2D eigenvalue weighted by molar-refractivity contribution is -0.140. The van der Waals surface area contributed by atoms with Crippen molar-refractivity contribution in [2.24, 2.45) is 0 Å². The number of aryl methyl sites for hydroxylation is 1. The predicted molar refractivity (Wildman–Crippen MR) is 104 cm³/mol. The van der Waals surface area contributed by atoms with Crippen LogP contribution >= 0.6 is 24.8 Å². The first-order valence-corrected chi connectivity index (χ1v) is 7.78. The Bertz CT molecular complexity index is 533. The molecular formula is C17H29Cl2N3O2. The zero-order chi connectivity index (χ0) is 16.2. The van der Waals surface area contributed by atoms with E-state index in [2.05, 4.69) is 33.7 Å². The average Bonchev–Trinajstić information content (AvgIpc) is 2.50. The molecule has 2 rings (SSSR count). The van der Waals surface area contributed by atoms with Gasteiger partial charge in [0.25, 0.3) is 5.91 Å². The summed E-state index contributed by atoms with van der Waals surface area (Å²) in [6, 6.07) is 6.20. The summed E-state index contributed by atoms with van der Waals surface area (Å²) in [5.74, 6) is -0.0402. The Kier molecular flexibility index (Phi) is 9.85. The van der Waals surface area contributed by atoms with E-state index in [1.54, 1.807) is 7.11 Å². The predicted octanol–water partition coefficient (Wildman–Crippen LogP) is 2.61. The summed E-state index contributed by atoms with van der Waals surface area (Å²) >= 11 is 0. The summed E-state index contributed by atoms with van der Waals surface area (Å²) in [4.78, 5) is 14.8. The van der Waals surface area contributed by atoms with Gasteiger partial charge in [-0.1, -0.05) is 12.1 Å². The van der Waals surface area contributed by atoms with Gasteiger partial charge in [0.15, 0.2) is 0 Å². The second-order valence-electron chi connectivity index (χ2n) is 6.29. The first-order valence-electron chi connectivity index (χ1n) is 7.78. The SMILES string of the molecule is COC1(C(=O)Nc2cc(CN(C)C)ccc2C)CCNCC1.Cl.Cl. The minimum absolute atomic E-state index is 0. The second kappa shape index (κ2) is 10.2. The van der Waals surface area contributed by atoms with Crippen molar-refractivity contribution in [2.45, 2.75) is 31.9 Å². The summed E-state index contributed by atoms with van der Waals surface area (Å²) in [6.07, 6.45) is 1.40. The minimum Gasteiger partial charge on any atom is -0.368 e. The topological polar surface area (TPSA) is 53.6 Å². The molecule has 7 heteroatoms. The number of halogens is 2. The number of ether oxygens (including phenoxy) is 1. The number of nitrogens with zero attached hydrogens (tertiary/aromatic N) is 1. The molecule has 0 radical (unpaired) electrons. The van der Waals surface area contributed by atoms with Crippen molar-refractivity contribution in [3.63, 3.8) is 0 Å². The molecule has 0 aliphatic carbocycles. The number of hydrogen-bond donors (Lipinski definition) is 2. The molecule has 5 nitrogen and oxygen atoms in total. The van der Waals surface area contributed by atoms with E-state index in [1.807, 2.05) is 21.0 Å². The highest BCUT2D eigenvalue weighted by Gasteiger charge is 2.39. The molecule has 1 aliphatic rings. The van der Waals surface area contributed by atoms with Crippen LogP contribution in [0.4, 0.5) is 5.69 Å². The fraction of sp³-hybridized carbons (Fsp3) is 0.588. The maximum atomic E-state index is 12.7. The quantitative estimate of drug-likeness (QED) is 0.827. The first-order chi connectivity index (χ1) is 10.5. The summed E-state index contributed by atoms with van der Waals surface area (Å²) in [5.41, 5.74) is 2.41. The molecule has 0 unspecified atom stereocenters. The number of benzene rings is 1. The van der Waals surface area contributed by atoms with Gasteiger partial charge in [-0.05, 0) is 64.1 Å². The summed E-state index contributed by atoms with van der Waals surface area (Å²) in [7, 11) is 5.69. The first kappa shape index (κ1) is 23.1. The van der Waals surface area contributed by atoms with Crippen LogP contribution < -0.4 is 10.6 Å². The standard InChI is InChI=1S/C17H27N3O2.2ClH/c1-13-5-6-14(12-20(2)3)11-15(13)19-16(21)17(22-4)7-9-18-10-8-17;;/h5-6,11,18H,7-10,12H2,1-4H3,(H,19,21);2*1H. The van der Waals surface area contributed by atoms with E-state index in [0.29, 0.717) is 12.8 Å². The van der Waals surface area contributed by atoms with E-state index >= 15 is 0 Å². The number of rotatable bonds is 5. The minimum atomic E-state index is -0.713. The molecule has 0 saturated carbocycles. The Morgan fingerprint density at radius 3 is 2.46 bits per heavy atom. The lowest BCUT2D eigenvalue weighted by Gasteiger charge is -2.35. The smallest absolute Gasteiger partial charge is 0.256 e. The number of carbonyl (C=O) groups excluding carboxylic acids is 1. The second-order valence-corrected chi connectivity index (χ2v) is 6.29. The van der Waals surface area contributed by atoms with Gasteiger partial charge in [0.05, 0.1) is 0 Å². The maximum absolute atomic E-state index is 12.7. The van der Waals surface area contributed by atoms with Gasteiger partial charge in [0, 0.05) is 19.3 Å². The van der Waals surface area contributed by atoms with E-state index in [1.165, 1.54) is 5.56 Å². The summed E-state index contributed by atoms with van der Waals surface area (Å²) in [5, 5.41) is 6.34. The fourth-order valence-electron chi connectivity index (χ4n) is 2.86. The molecule has 0 aromatic heterocycles. The zero-order valence-electron chi connectivity index (χ0n) is 14.8. The Labute approximate surface area is 157 Å². The van der Waals surface area contributed by atoms with Crippen LogP contribution in [0.5, 0.6) is 0 Å². The molecule has 1 aromatic rings. The van der Waals surface area contributed by atoms with E-state index in [4.69, 9.17) is 4.74 Å². The van der Waals surface area contributed by atoms with Gasteiger partial charge < -0.3 is 20.3 Å². The van der Waals surface area contributed by atoms with Crippen LogP contribution in [0.25, 0.3) is 0 Å². The van der Waals surface area contributed by atoms with Crippen molar-refractivity contribution in [3.05, 3.63) is 29.3 Å². The van der Waals surface area contributed by atoms with Crippen LogP contribution in [0.2, 0.25) is 0 Å². The molecule has 0 atom stereocenters. The Balaban J connectivity index is 0.00000264. The van der Waals surface area contributed by atoms with Crippen molar-refractivity contribution in [3.8, 4) is 0 Å². The molecule has 0 spiro atoms. The van der Waals surface area contributed by atoms with Crippen LogP contribution in [0.1, 0.15) is 24.0 Å². The lowest BCUT2D eigenvalue weighted by Crippen LogP contribution is -2.51. The summed E-state index contributed by atoms with van der Waals surface area (Å²) in [6.45, 7) is 4.47. The van der Waals surface area contributed by atoms with Gasteiger partial charge in [0.2, 0.25) is 0 Å². The molecule has 0 bridgehead atoms. The number of anilines is 1. The van der Waals surface area contributed by atoms with Crippen LogP contribution in [0.3, 0.4) is 0 Å². The molecule has 1 saturated heterocycles. The van der Waals surface area contributed by atoms with Gasteiger partial charge in [-0.2, -0.15) is 0 Å². The largest absolute Gasteiger partial charge is 0.368 e. The Morgan fingerprint density at radius 1 is 1.29 bits per heavy atom. The van der Waals surface area contributed by atoms with Gasteiger partial charge in [0.1, 0.15) is 5.60 Å². The van der Waals surface area contributed by atoms with E-state index in [9.17, 15) is 4.79 Å². The van der Waals surface area contributed by atoms with Crippen LogP contribution in [-0.2, 0) is 16.1 Å². The number of nitrogens with one attached hydrogen (secondary N) is 2. The molecule has 2 N–H and O–H groups in total. The van der Waals surface area contributed by atoms with E-state index in [-0.39, 0.29) is 30.7 Å². The van der Waals surface area contributed by atoms with Gasteiger partial charge in [-0.25, -0.2) is 0 Å². The third-order valence-corrected chi connectivity index (χ3v) is 4.26. The van der Waals surface area contributed by atoms with Crippen LogP contribution in [0.15, 0.2) is 18.2 Å². The number of hydrogen-bond acceptors (Lipinski definition) is 4. The number of amides is 1. The average molecular weight is 378 g/mol. The fourth-order valence-corrected chi connectivity index (χ4v) is 2.86. The number of carbonyl (C=O) groups is 1. The maximum Gasteiger partial charge on any atom is 0.256 e. The van der Waals surface area contributed by atoms with Crippen molar-refractivity contribution in [2.75, 3.05) is 39.6 Å². The third-order valence-electron chi connectivity index (χ3n) is 4.26. The number of piperidine rings is 1. The highest BCUT2D eigenvalue weighted by molar-refractivity contribution is 5.98. The van der Waals surface area contributed by atoms with E-state index in [0.717, 1.165) is 30.9 Å². The van der Waals surface area contributed by atoms with Crippen molar-refractivity contribution in [1.29, 1.82) is 0 Å². The lowest BCUT2D eigenvalue weighted by atomic mass is 9.91. The zero-order valence-corrected chi connectivity index (χ0v) is 16.5. The molecule has 1 amide bonds. The molecule has 24 heavy (non-hydrogen) atoms. The third kappa shape index (κ3) is 5.60. The van der Waals surface area contributed by atoms with Crippen molar-refractivity contribution in [1.82, 2.24) is 10.2 Å². The van der Waals surface area contributed by atoms with Crippen molar-refractivity contribution >= 4 is 36.4 Å². The Hall–Kier alpha value is -0.850. The molecule has 138 valence electrons. The van der Waals surface area contributed by atoms with Crippen LogP contribution in [-0.4, -0.2) is 50.7 Å². The van der Waals surface area contributed by atoms with Gasteiger partial charge in [-0.15, -0.1) is 24.8 Å². The highest BCUT2D eigenvalue weighted by Crippen LogP contribution is 2.26. The van der Waals surface area contributed by atoms with Crippen molar-refractivity contribution < 1.29 is 9.53 Å². The van der Waals surface area contributed by atoms with Gasteiger partial charge in [-0.3, -0.25) is 4.79 Å². The Morgan fingerprint density at radius 2 is 1.92 bits per heavy atom. The summed E-state index contributed by atoms with van der Waals surface area (Å²) < 4.78 is 5.59. The normalized spacial score (nSPS) is 16.0. The molecule has 1 aliphatic heterocycles. The monoisotopic (exact) mass is 377 g/mol. The van der Waals surface area contributed by atoms with E-state index < -0.39 is 5.60 Å². The number of methoxy groups -OCH3 is 1. The van der Waals surface area contributed by atoms with Gasteiger partial charge >= 0.3 is 0 Å².